The quantitative estimate of drug-likeness (QED) is 0.762. The maximum Gasteiger partial charge on any atom is 0.417 e. The van der Waals surface area contributed by atoms with Crippen LogP contribution in [0.1, 0.15) is 24.0 Å². The van der Waals surface area contributed by atoms with Crippen molar-refractivity contribution < 1.29 is 18.3 Å². The van der Waals surface area contributed by atoms with Gasteiger partial charge in [0.15, 0.2) is 0 Å². The van der Waals surface area contributed by atoms with E-state index in [0.717, 1.165) is 6.07 Å². The molecule has 0 amide bonds. The van der Waals surface area contributed by atoms with Gasteiger partial charge in [-0.3, -0.25) is 0 Å². The lowest BCUT2D eigenvalue weighted by molar-refractivity contribution is -0.137. The minimum Gasteiger partial charge on any atom is -0.385 e. The molecule has 6 heteroatoms. The van der Waals surface area contributed by atoms with Crippen LogP contribution in [-0.4, -0.2) is 10.1 Å². The lowest BCUT2D eigenvalue weighted by atomic mass is 10.1. The van der Waals surface area contributed by atoms with Gasteiger partial charge in [-0.15, -0.1) is 0 Å². The predicted molar refractivity (Wildman–Crippen MR) is 47.4 cm³/mol. The van der Waals surface area contributed by atoms with Crippen molar-refractivity contribution in [3.05, 3.63) is 28.5 Å². The highest BCUT2D eigenvalue weighted by Crippen LogP contribution is 2.48. The fourth-order valence-electron chi connectivity index (χ4n) is 1.32. The molecule has 82 valence electrons. The van der Waals surface area contributed by atoms with Crippen LogP contribution >= 0.6 is 11.6 Å². The second kappa shape index (κ2) is 3.09. The van der Waals surface area contributed by atoms with E-state index in [-0.39, 0.29) is 10.7 Å². The van der Waals surface area contributed by atoms with Gasteiger partial charge in [0.05, 0.1) is 11.2 Å². The largest absolute Gasteiger partial charge is 0.417 e. The lowest BCUT2D eigenvalue weighted by Crippen LogP contribution is -2.11. The maximum atomic E-state index is 12.3. The Labute approximate surface area is 88.7 Å². The highest BCUT2D eigenvalue weighted by atomic mass is 35.5. The molecule has 2 rings (SSSR count). The van der Waals surface area contributed by atoms with Crippen LogP contribution in [0, 0.1) is 0 Å². The van der Waals surface area contributed by atoms with E-state index >= 15 is 0 Å². The minimum absolute atomic E-state index is 0.0667. The molecule has 1 aromatic rings. The van der Waals surface area contributed by atoms with Crippen LogP contribution in [0.4, 0.5) is 13.2 Å². The molecule has 2 nitrogen and oxygen atoms in total. The minimum atomic E-state index is -4.46. The molecule has 1 saturated carbocycles. The zero-order valence-corrected chi connectivity index (χ0v) is 8.23. The summed E-state index contributed by atoms with van der Waals surface area (Å²) < 4.78 is 37.0. The molecular formula is C9H7ClF3NO. The number of nitrogens with zero attached hydrogens (tertiary/aromatic N) is 1. The first-order valence-electron chi connectivity index (χ1n) is 4.28. The summed E-state index contributed by atoms with van der Waals surface area (Å²) in [5.41, 5.74) is -2.02. The number of aromatic nitrogens is 1. The Balaban J connectivity index is 2.47. The van der Waals surface area contributed by atoms with E-state index in [4.69, 9.17) is 11.6 Å². The highest BCUT2D eigenvalue weighted by Gasteiger charge is 2.45. The summed E-state index contributed by atoms with van der Waals surface area (Å²) >= 11 is 5.63. The fraction of sp³-hybridized carbons (Fsp3) is 0.444. The van der Waals surface area contributed by atoms with Gasteiger partial charge in [0, 0.05) is 11.8 Å². The molecule has 1 aromatic heterocycles. The fourth-order valence-corrected chi connectivity index (χ4v) is 1.60. The van der Waals surface area contributed by atoms with E-state index in [1.165, 1.54) is 0 Å². The molecule has 0 bridgehead atoms. The second-order valence-corrected chi connectivity index (χ2v) is 3.95. The van der Waals surface area contributed by atoms with Gasteiger partial charge in [-0.25, -0.2) is 4.98 Å². The first-order chi connectivity index (χ1) is 6.83. The third-order valence-corrected chi connectivity index (χ3v) is 2.69. The van der Waals surface area contributed by atoms with Crippen LogP contribution in [0.2, 0.25) is 5.15 Å². The van der Waals surface area contributed by atoms with Crippen molar-refractivity contribution in [2.75, 3.05) is 0 Å². The smallest absolute Gasteiger partial charge is 0.385 e. The van der Waals surface area contributed by atoms with Crippen LogP contribution in [-0.2, 0) is 11.8 Å². The van der Waals surface area contributed by atoms with Crippen molar-refractivity contribution in [3.63, 3.8) is 0 Å². The van der Waals surface area contributed by atoms with Gasteiger partial charge in [0.1, 0.15) is 5.15 Å². The lowest BCUT2D eigenvalue weighted by Gasteiger charge is -2.13. The first kappa shape index (κ1) is 10.7. The summed E-state index contributed by atoms with van der Waals surface area (Å²) in [7, 11) is 0. The number of halogens is 4. The van der Waals surface area contributed by atoms with E-state index in [2.05, 4.69) is 4.98 Å². The molecule has 1 fully saturated rings. The molecule has 0 saturated heterocycles. The summed E-state index contributed by atoms with van der Waals surface area (Å²) in [6.07, 6.45) is -2.94. The third-order valence-electron chi connectivity index (χ3n) is 2.39. The Morgan fingerprint density at radius 2 is 2.00 bits per heavy atom. The molecule has 0 atom stereocenters. The van der Waals surface area contributed by atoms with Crippen LogP contribution in [0.5, 0.6) is 0 Å². The summed E-state index contributed by atoms with van der Waals surface area (Å²) in [6.45, 7) is 0. The van der Waals surface area contributed by atoms with Gasteiger partial charge in [0.2, 0.25) is 0 Å². The van der Waals surface area contributed by atoms with Crippen molar-refractivity contribution in [3.8, 4) is 0 Å². The molecular weight excluding hydrogens is 231 g/mol. The van der Waals surface area contributed by atoms with Crippen LogP contribution < -0.4 is 0 Å². The Morgan fingerprint density at radius 1 is 1.40 bits per heavy atom. The number of rotatable bonds is 1. The standard InChI is InChI=1S/C9H7ClF3NO/c10-7-6(8(15)1-2-8)3-5(4-14-7)9(11,12)13/h3-4,15H,1-2H2. The summed E-state index contributed by atoms with van der Waals surface area (Å²) in [6, 6.07) is 0.863. The zero-order valence-electron chi connectivity index (χ0n) is 7.48. The highest BCUT2D eigenvalue weighted by molar-refractivity contribution is 6.30. The van der Waals surface area contributed by atoms with Crippen LogP contribution in [0.15, 0.2) is 12.3 Å². The number of aliphatic hydroxyl groups is 1. The molecule has 0 radical (unpaired) electrons. The van der Waals surface area contributed by atoms with Crippen molar-refractivity contribution >= 4 is 11.6 Å². The van der Waals surface area contributed by atoms with E-state index in [1.807, 2.05) is 0 Å². The van der Waals surface area contributed by atoms with Gasteiger partial charge in [-0.1, -0.05) is 11.6 Å². The van der Waals surface area contributed by atoms with E-state index in [9.17, 15) is 18.3 Å². The molecule has 15 heavy (non-hydrogen) atoms. The monoisotopic (exact) mass is 237 g/mol. The van der Waals surface area contributed by atoms with E-state index in [0.29, 0.717) is 19.0 Å². The van der Waals surface area contributed by atoms with Crippen molar-refractivity contribution in [1.29, 1.82) is 0 Å². The number of pyridine rings is 1. The van der Waals surface area contributed by atoms with Gasteiger partial charge >= 0.3 is 6.18 Å². The second-order valence-electron chi connectivity index (χ2n) is 3.59. The Bertz CT molecular complexity index is 401. The summed E-state index contributed by atoms with van der Waals surface area (Å²) in [5.74, 6) is 0. The molecule has 1 heterocycles. The Hall–Kier alpha value is -0.810. The average Bonchev–Trinajstić information content (AvgIpc) is 2.83. The van der Waals surface area contributed by atoms with Crippen molar-refractivity contribution in [1.82, 2.24) is 4.98 Å². The molecule has 0 aliphatic heterocycles. The summed E-state index contributed by atoms with van der Waals surface area (Å²) in [4.78, 5) is 3.44. The topological polar surface area (TPSA) is 33.1 Å². The number of hydrogen-bond donors (Lipinski definition) is 1. The number of alkyl halides is 3. The normalized spacial score (nSPS) is 19.0. The van der Waals surface area contributed by atoms with Gasteiger partial charge in [-0.2, -0.15) is 13.2 Å². The molecule has 1 N–H and O–H groups in total. The molecule has 1 aliphatic carbocycles. The molecule has 0 unspecified atom stereocenters. The first-order valence-corrected chi connectivity index (χ1v) is 4.66. The van der Waals surface area contributed by atoms with Gasteiger partial charge in [0.25, 0.3) is 0 Å². The average molecular weight is 238 g/mol. The van der Waals surface area contributed by atoms with E-state index < -0.39 is 17.3 Å². The van der Waals surface area contributed by atoms with Crippen LogP contribution in [0.3, 0.4) is 0 Å². The molecule has 0 spiro atoms. The van der Waals surface area contributed by atoms with Crippen LogP contribution in [0.25, 0.3) is 0 Å². The zero-order chi connectivity index (χ0) is 11.3. The Morgan fingerprint density at radius 3 is 2.47 bits per heavy atom. The maximum absolute atomic E-state index is 12.3. The third kappa shape index (κ3) is 1.94. The molecule has 0 aromatic carbocycles. The van der Waals surface area contributed by atoms with Gasteiger partial charge in [-0.05, 0) is 18.9 Å². The Kier molecular flexibility index (Phi) is 2.20. The SMILES string of the molecule is OC1(c2cc(C(F)(F)F)cnc2Cl)CC1. The van der Waals surface area contributed by atoms with Gasteiger partial charge < -0.3 is 5.11 Å². The summed E-state index contributed by atoms with van der Waals surface area (Å²) in [5, 5.41) is 9.61. The number of hydrogen-bond acceptors (Lipinski definition) is 2. The van der Waals surface area contributed by atoms with Crippen molar-refractivity contribution in [2.24, 2.45) is 0 Å². The predicted octanol–water partition coefficient (Wildman–Crippen LogP) is 2.74. The molecule has 1 aliphatic rings. The van der Waals surface area contributed by atoms with E-state index in [1.54, 1.807) is 0 Å². The van der Waals surface area contributed by atoms with Crippen molar-refractivity contribution in [2.45, 2.75) is 24.6 Å².